The van der Waals surface area contributed by atoms with E-state index in [0.717, 1.165) is 37.6 Å². The van der Waals surface area contributed by atoms with Crippen LogP contribution in [0.3, 0.4) is 0 Å². The smallest absolute Gasteiger partial charge is 0.192 e. The molecule has 92 valence electrons. The number of hydrogen-bond acceptors (Lipinski definition) is 3. The topological polar surface area (TPSA) is 24.8 Å². The number of piperidine rings is 1. The molecule has 1 saturated heterocycles. The van der Waals surface area contributed by atoms with Crippen LogP contribution in [0.25, 0.3) is 0 Å². The average molecular weight is 224 g/mol. The van der Waals surface area contributed by atoms with Crippen molar-refractivity contribution in [2.75, 3.05) is 27.2 Å². The van der Waals surface area contributed by atoms with Crippen LogP contribution in [0.1, 0.15) is 26.7 Å². The lowest BCUT2D eigenvalue weighted by Crippen LogP contribution is -2.34. The van der Waals surface area contributed by atoms with E-state index in [4.69, 9.17) is 4.74 Å². The fraction of sp³-hybridized carbons (Fsp3) is 0.769. The van der Waals surface area contributed by atoms with Crippen molar-refractivity contribution in [3.63, 3.8) is 0 Å². The van der Waals surface area contributed by atoms with E-state index in [2.05, 4.69) is 37.4 Å². The van der Waals surface area contributed by atoms with Gasteiger partial charge in [-0.1, -0.05) is 20.4 Å². The summed E-state index contributed by atoms with van der Waals surface area (Å²) in [5.41, 5.74) is 0. The van der Waals surface area contributed by atoms with Gasteiger partial charge >= 0.3 is 0 Å². The molecule has 1 heterocycles. The monoisotopic (exact) mass is 224 g/mol. The van der Waals surface area contributed by atoms with Crippen LogP contribution in [0.2, 0.25) is 0 Å². The van der Waals surface area contributed by atoms with Crippen molar-refractivity contribution >= 4 is 5.90 Å². The fourth-order valence-corrected chi connectivity index (χ4v) is 1.82. The van der Waals surface area contributed by atoms with E-state index >= 15 is 0 Å². The van der Waals surface area contributed by atoms with E-state index in [-0.39, 0.29) is 0 Å². The van der Waals surface area contributed by atoms with E-state index < -0.39 is 0 Å². The predicted octanol–water partition coefficient (Wildman–Crippen LogP) is 2.54. The minimum Gasteiger partial charge on any atom is -0.448 e. The van der Waals surface area contributed by atoms with Gasteiger partial charge in [0.1, 0.15) is 5.76 Å². The summed E-state index contributed by atoms with van der Waals surface area (Å²) in [7, 11) is 3.97. The Balaban J connectivity index is 2.52. The van der Waals surface area contributed by atoms with Gasteiger partial charge in [-0.05, 0) is 33.0 Å². The molecule has 1 aliphatic heterocycles. The zero-order valence-electron chi connectivity index (χ0n) is 11.0. The van der Waals surface area contributed by atoms with Crippen LogP contribution in [0.4, 0.5) is 0 Å². The first-order chi connectivity index (χ1) is 7.54. The number of ether oxygens (including phenoxy) is 1. The first kappa shape index (κ1) is 13.2. The highest BCUT2D eigenvalue weighted by Gasteiger charge is 2.23. The van der Waals surface area contributed by atoms with E-state index in [0.29, 0.717) is 11.8 Å². The third-order valence-electron chi connectivity index (χ3n) is 3.17. The zero-order chi connectivity index (χ0) is 12.1. The summed E-state index contributed by atoms with van der Waals surface area (Å²) < 4.78 is 5.77. The minimum absolute atomic E-state index is 0.350. The largest absolute Gasteiger partial charge is 0.448 e. The van der Waals surface area contributed by atoms with Gasteiger partial charge < -0.3 is 9.64 Å². The van der Waals surface area contributed by atoms with E-state index in [1.165, 1.54) is 0 Å². The van der Waals surface area contributed by atoms with Crippen LogP contribution >= 0.6 is 0 Å². The molecule has 1 aliphatic rings. The van der Waals surface area contributed by atoms with Crippen molar-refractivity contribution in [3.05, 3.63) is 12.3 Å². The summed E-state index contributed by atoms with van der Waals surface area (Å²) in [5, 5.41) is 0. The van der Waals surface area contributed by atoms with Gasteiger partial charge in [-0.3, -0.25) is 4.99 Å². The maximum atomic E-state index is 5.77. The van der Waals surface area contributed by atoms with Gasteiger partial charge in [0.25, 0.3) is 0 Å². The van der Waals surface area contributed by atoms with Crippen LogP contribution in [-0.4, -0.2) is 38.0 Å². The number of rotatable bonds is 3. The number of nitrogens with zero attached hydrogens (tertiary/aromatic N) is 2. The van der Waals surface area contributed by atoms with Crippen LogP contribution in [0.5, 0.6) is 0 Å². The molecule has 16 heavy (non-hydrogen) atoms. The standard InChI is InChI=1S/C13H24N2O/c1-10(2)11(3)16-13(14-4)12-6-8-15(5)9-7-12/h10,12H,3,6-9H2,1-2,4-5H3. The van der Waals surface area contributed by atoms with Gasteiger partial charge in [-0.2, -0.15) is 0 Å². The lowest BCUT2D eigenvalue weighted by atomic mass is 9.97. The second kappa shape index (κ2) is 6.04. The average Bonchev–Trinajstić information content (AvgIpc) is 2.26. The molecule has 3 heteroatoms. The molecule has 0 amide bonds. The van der Waals surface area contributed by atoms with Gasteiger partial charge in [-0.15, -0.1) is 0 Å². The summed E-state index contributed by atoms with van der Waals surface area (Å²) in [6.07, 6.45) is 2.27. The number of likely N-dealkylation sites (tertiary alicyclic amines) is 1. The van der Waals surface area contributed by atoms with Crippen molar-refractivity contribution < 1.29 is 4.74 Å². The van der Waals surface area contributed by atoms with Crippen LogP contribution in [0, 0.1) is 11.8 Å². The highest BCUT2D eigenvalue weighted by molar-refractivity contribution is 5.79. The van der Waals surface area contributed by atoms with Crippen molar-refractivity contribution in [1.82, 2.24) is 4.90 Å². The van der Waals surface area contributed by atoms with Gasteiger partial charge in [0, 0.05) is 18.9 Å². The summed E-state index contributed by atoms with van der Waals surface area (Å²) >= 11 is 0. The summed E-state index contributed by atoms with van der Waals surface area (Å²) in [4.78, 5) is 6.62. The maximum absolute atomic E-state index is 5.77. The lowest BCUT2D eigenvalue weighted by molar-refractivity contribution is 0.228. The predicted molar refractivity (Wildman–Crippen MR) is 68.6 cm³/mol. The lowest BCUT2D eigenvalue weighted by Gasteiger charge is -2.29. The van der Waals surface area contributed by atoms with Crippen molar-refractivity contribution in [2.45, 2.75) is 26.7 Å². The molecule has 3 nitrogen and oxygen atoms in total. The molecule has 1 rings (SSSR count). The Bertz CT molecular complexity index is 263. The van der Waals surface area contributed by atoms with E-state index in [1.54, 1.807) is 7.05 Å². The fourth-order valence-electron chi connectivity index (χ4n) is 1.82. The van der Waals surface area contributed by atoms with Crippen molar-refractivity contribution in [1.29, 1.82) is 0 Å². The molecule has 0 radical (unpaired) electrons. The summed E-state index contributed by atoms with van der Waals surface area (Å²) in [6, 6.07) is 0. The van der Waals surface area contributed by atoms with Crippen LogP contribution in [0.15, 0.2) is 17.3 Å². The molecule has 0 aliphatic carbocycles. The molecule has 0 aromatic heterocycles. The molecule has 0 aromatic rings. The molecular weight excluding hydrogens is 200 g/mol. The Morgan fingerprint density at radius 1 is 1.38 bits per heavy atom. The molecular formula is C13H24N2O. The van der Waals surface area contributed by atoms with E-state index in [9.17, 15) is 0 Å². The van der Waals surface area contributed by atoms with Crippen molar-refractivity contribution in [3.8, 4) is 0 Å². The third-order valence-corrected chi connectivity index (χ3v) is 3.17. The van der Waals surface area contributed by atoms with Crippen LogP contribution in [-0.2, 0) is 4.74 Å². The Morgan fingerprint density at radius 3 is 2.38 bits per heavy atom. The number of aliphatic imine (C=N–C) groups is 1. The molecule has 0 aromatic carbocycles. The van der Waals surface area contributed by atoms with E-state index in [1.807, 2.05) is 0 Å². The first-order valence-corrected chi connectivity index (χ1v) is 6.06. The summed E-state index contributed by atoms with van der Waals surface area (Å²) in [6.45, 7) is 10.4. The highest BCUT2D eigenvalue weighted by Crippen LogP contribution is 2.21. The Morgan fingerprint density at radius 2 is 1.94 bits per heavy atom. The van der Waals surface area contributed by atoms with Gasteiger partial charge in [0.05, 0.1) is 0 Å². The van der Waals surface area contributed by atoms with Gasteiger partial charge in [0.15, 0.2) is 5.90 Å². The molecule has 0 bridgehead atoms. The highest BCUT2D eigenvalue weighted by atomic mass is 16.5. The maximum Gasteiger partial charge on any atom is 0.192 e. The Hall–Kier alpha value is -0.830. The molecule has 0 spiro atoms. The Kier molecular flexibility index (Phi) is 5.00. The quantitative estimate of drug-likeness (QED) is 0.418. The minimum atomic E-state index is 0.350. The van der Waals surface area contributed by atoms with Gasteiger partial charge in [-0.25, -0.2) is 0 Å². The molecule has 0 atom stereocenters. The Labute approximate surface area is 99.2 Å². The summed E-state index contributed by atoms with van der Waals surface area (Å²) in [5.74, 6) is 2.51. The second-order valence-corrected chi connectivity index (χ2v) is 4.86. The van der Waals surface area contributed by atoms with Crippen LogP contribution < -0.4 is 0 Å². The molecule has 0 N–H and O–H groups in total. The molecule has 0 unspecified atom stereocenters. The third kappa shape index (κ3) is 3.63. The van der Waals surface area contributed by atoms with Gasteiger partial charge in [0.2, 0.25) is 0 Å². The molecule has 0 saturated carbocycles. The SMILES string of the molecule is C=C(OC(=NC)C1CCN(C)CC1)C(C)C. The number of allylic oxidation sites excluding steroid dienone is 1. The zero-order valence-corrected chi connectivity index (χ0v) is 11.0. The second-order valence-electron chi connectivity index (χ2n) is 4.86. The molecule has 1 fully saturated rings. The number of hydrogen-bond donors (Lipinski definition) is 0. The first-order valence-electron chi connectivity index (χ1n) is 6.06. The van der Waals surface area contributed by atoms with Crippen molar-refractivity contribution in [2.24, 2.45) is 16.8 Å². The normalized spacial score (nSPS) is 20.2.